The van der Waals surface area contributed by atoms with E-state index < -0.39 is 16.1 Å². The number of nitrogens with one attached hydrogen (secondary N) is 2. The average Bonchev–Trinajstić information content (AvgIpc) is 2.97. The lowest BCUT2D eigenvalue weighted by molar-refractivity contribution is 0.0983. The first-order chi connectivity index (χ1) is 14.5. The summed E-state index contributed by atoms with van der Waals surface area (Å²) in [4.78, 5) is 28.3. The second kappa shape index (κ2) is 8.64. The molecule has 3 aromatic rings. The van der Waals surface area contributed by atoms with Crippen LogP contribution in [0, 0.1) is 13.8 Å². The molecule has 1 unspecified atom stereocenters. The molecule has 10 heteroatoms. The van der Waals surface area contributed by atoms with Crippen LogP contribution in [0.2, 0.25) is 0 Å². The van der Waals surface area contributed by atoms with Crippen LogP contribution in [0.3, 0.4) is 0 Å². The van der Waals surface area contributed by atoms with Crippen LogP contribution >= 0.6 is 0 Å². The number of methoxy groups -OCH3 is 1. The van der Waals surface area contributed by atoms with Gasteiger partial charge in [-0.3, -0.25) is 9.59 Å². The number of nitrogens with zero attached hydrogens (tertiary/aromatic N) is 2. The second-order valence-electron chi connectivity index (χ2n) is 7.57. The zero-order valence-corrected chi connectivity index (χ0v) is 19.0. The summed E-state index contributed by atoms with van der Waals surface area (Å²) in [5.74, 6) is 0.281. The third-order valence-electron chi connectivity index (χ3n) is 5.13. The highest BCUT2D eigenvalue weighted by atomic mass is 32.2. The lowest BCUT2D eigenvalue weighted by atomic mass is 9.99. The number of aromatic amines is 1. The van der Waals surface area contributed by atoms with Crippen molar-refractivity contribution in [3.8, 4) is 5.75 Å². The van der Waals surface area contributed by atoms with Crippen molar-refractivity contribution >= 4 is 21.3 Å². The maximum Gasteiger partial charge on any atom is 0.255 e. The molecular weight excluding hydrogens is 420 g/mol. The van der Waals surface area contributed by atoms with Crippen molar-refractivity contribution in [1.82, 2.24) is 19.3 Å². The molecule has 31 heavy (non-hydrogen) atoms. The summed E-state index contributed by atoms with van der Waals surface area (Å²) in [5, 5.41) is 4.32. The van der Waals surface area contributed by atoms with E-state index in [2.05, 4.69) is 14.8 Å². The van der Waals surface area contributed by atoms with E-state index in [0.717, 1.165) is 6.26 Å². The number of rotatable bonds is 8. The molecule has 3 aromatic heterocycles. The number of carbonyl (C=O) groups excluding carboxylic acids is 1. The smallest absolute Gasteiger partial charge is 0.255 e. The monoisotopic (exact) mass is 446 g/mol. The molecule has 3 heterocycles. The first-order valence-corrected chi connectivity index (χ1v) is 11.7. The Morgan fingerprint density at radius 2 is 2.06 bits per heavy atom. The Morgan fingerprint density at radius 1 is 1.35 bits per heavy atom. The van der Waals surface area contributed by atoms with Crippen LogP contribution in [0.1, 0.15) is 52.3 Å². The normalized spacial score (nSPS) is 12.8. The van der Waals surface area contributed by atoms with Gasteiger partial charge in [-0.05, 0) is 51.0 Å². The van der Waals surface area contributed by atoms with E-state index in [-0.39, 0.29) is 24.2 Å². The Balaban J connectivity index is 1.99. The lowest BCUT2D eigenvalue weighted by Crippen LogP contribution is -2.27. The van der Waals surface area contributed by atoms with E-state index in [4.69, 9.17) is 4.74 Å². The Bertz CT molecular complexity index is 1310. The number of carbonyl (C=O) groups is 1. The molecule has 2 N–H and O–H groups in total. The van der Waals surface area contributed by atoms with Crippen LogP contribution in [0.5, 0.6) is 5.75 Å². The number of pyridine rings is 1. The van der Waals surface area contributed by atoms with Crippen LogP contribution in [0.15, 0.2) is 29.2 Å². The number of hydrogen-bond acceptors (Lipinski definition) is 6. The van der Waals surface area contributed by atoms with Gasteiger partial charge >= 0.3 is 0 Å². The molecule has 0 bridgehead atoms. The van der Waals surface area contributed by atoms with Crippen molar-refractivity contribution < 1.29 is 17.9 Å². The van der Waals surface area contributed by atoms with Crippen molar-refractivity contribution in [2.75, 3.05) is 13.4 Å². The number of fused-ring (bicyclic) bond motifs is 1. The van der Waals surface area contributed by atoms with E-state index in [1.165, 1.54) is 7.11 Å². The number of ether oxygens (including phenoxy) is 1. The predicted molar refractivity (Wildman–Crippen MR) is 117 cm³/mol. The minimum Gasteiger partial charge on any atom is -0.496 e. The number of aromatic nitrogens is 3. The fraction of sp³-hybridized carbons (Fsp3) is 0.381. The maximum absolute atomic E-state index is 13.2. The van der Waals surface area contributed by atoms with E-state index in [1.807, 2.05) is 0 Å². The van der Waals surface area contributed by atoms with Crippen LogP contribution < -0.4 is 15.0 Å². The fourth-order valence-electron chi connectivity index (χ4n) is 3.94. The zero-order valence-electron chi connectivity index (χ0n) is 18.1. The van der Waals surface area contributed by atoms with E-state index in [0.29, 0.717) is 39.3 Å². The summed E-state index contributed by atoms with van der Waals surface area (Å²) in [6.45, 7) is 5.24. The topological polar surface area (TPSA) is 123 Å². The lowest BCUT2D eigenvalue weighted by Gasteiger charge is -2.13. The number of ketones is 1. The molecule has 0 aliphatic rings. The van der Waals surface area contributed by atoms with Gasteiger partial charge < -0.3 is 9.72 Å². The van der Waals surface area contributed by atoms with Crippen molar-refractivity contribution in [1.29, 1.82) is 0 Å². The molecule has 9 nitrogen and oxygen atoms in total. The third-order valence-corrected chi connectivity index (χ3v) is 5.91. The van der Waals surface area contributed by atoms with Crippen LogP contribution in [0.4, 0.5) is 0 Å². The van der Waals surface area contributed by atoms with Gasteiger partial charge in [0.25, 0.3) is 5.56 Å². The summed E-state index contributed by atoms with van der Waals surface area (Å²) in [7, 11) is -1.97. The quantitative estimate of drug-likeness (QED) is 0.511. The molecule has 0 aromatic carbocycles. The maximum atomic E-state index is 13.2. The van der Waals surface area contributed by atoms with Crippen molar-refractivity contribution in [3.63, 3.8) is 0 Å². The summed E-state index contributed by atoms with van der Waals surface area (Å²) in [5.41, 5.74) is 3.10. The van der Waals surface area contributed by atoms with Gasteiger partial charge in [0.05, 0.1) is 36.2 Å². The molecule has 0 amide bonds. The Labute approximate surface area is 180 Å². The van der Waals surface area contributed by atoms with Crippen LogP contribution in [0.25, 0.3) is 5.52 Å². The van der Waals surface area contributed by atoms with Crippen molar-refractivity contribution in [2.45, 2.75) is 39.7 Å². The predicted octanol–water partition coefficient (Wildman–Crippen LogP) is 2.07. The third kappa shape index (κ3) is 4.70. The summed E-state index contributed by atoms with van der Waals surface area (Å²) in [6.07, 6.45) is 2.96. The molecule has 0 saturated heterocycles. The Morgan fingerprint density at radius 3 is 2.71 bits per heavy atom. The standard InChI is InChI=1S/C21H26N4O5S/c1-12-11-18(30-4)15(21(27)23-12)8-9-17(26)19-13(2)20(14(3)24-31(5,28)29)25-16(19)7-6-10-22-25/h6-7,10-11,14,24H,8-9H2,1-5H3,(H,23,27). The van der Waals surface area contributed by atoms with Crippen LogP contribution in [-0.4, -0.2) is 42.2 Å². The molecule has 0 saturated carbocycles. The molecule has 0 aliphatic carbocycles. The minimum atomic E-state index is -3.46. The molecule has 166 valence electrons. The van der Waals surface area contributed by atoms with Gasteiger partial charge in [0.1, 0.15) is 5.75 Å². The highest BCUT2D eigenvalue weighted by Crippen LogP contribution is 2.29. The SMILES string of the molecule is COc1cc(C)[nH]c(=O)c1CCC(=O)c1c(C)c(C(C)NS(C)(=O)=O)n2ncccc12. The number of Topliss-reactive ketones (excluding diaryl/α,β-unsaturated/α-hetero) is 1. The van der Waals surface area contributed by atoms with Crippen LogP contribution in [-0.2, 0) is 16.4 Å². The molecule has 1 atom stereocenters. The second-order valence-corrected chi connectivity index (χ2v) is 9.35. The molecule has 0 spiro atoms. The van der Waals surface area contributed by atoms with E-state index in [1.54, 1.807) is 49.7 Å². The molecule has 3 rings (SSSR count). The average molecular weight is 447 g/mol. The molecule has 0 aliphatic heterocycles. The van der Waals surface area contributed by atoms with Gasteiger partial charge in [-0.2, -0.15) is 5.10 Å². The Hall–Kier alpha value is -2.98. The highest BCUT2D eigenvalue weighted by Gasteiger charge is 2.26. The Kier molecular flexibility index (Phi) is 6.33. The molecule has 0 fully saturated rings. The van der Waals surface area contributed by atoms with Crippen molar-refractivity contribution in [2.24, 2.45) is 0 Å². The molecule has 0 radical (unpaired) electrons. The number of hydrogen-bond donors (Lipinski definition) is 2. The largest absolute Gasteiger partial charge is 0.496 e. The van der Waals surface area contributed by atoms with Gasteiger partial charge in [-0.1, -0.05) is 0 Å². The number of sulfonamides is 1. The van der Waals surface area contributed by atoms with Gasteiger partial charge in [-0.25, -0.2) is 17.7 Å². The van der Waals surface area contributed by atoms with E-state index in [9.17, 15) is 18.0 Å². The number of H-pyrrole nitrogens is 1. The molecular formula is C21H26N4O5S. The minimum absolute atomic E-state index is 0.0885. The van der Waals surface area contributed by atoms with Crippen molar-refractivity contribution in [3.05, 3.63) is 62.8 Å². The summed E-state index contributed by atoms with van der Waals surface area (Å²) in [6, 6.07) is 4.63. The van der Waals surface area contributed by atoms with Gasteiger partial charge in [0.2, 0.25) is 10.0 Å². The van der Waals surface area contributed by atoms with Gasteiger partial charge in [-0.15, -0.1) is 0 Å². The first-order valence-electron chi connectivity index (χ1n) is 9.77. The summed E-state index contributed by atoms with van der Waals surface area (Å²) < 4.78 is 32.9. The fourth-order valence-corrected chi connectivity index (χ4v) is 4.69. The first kappa shape index (κ1) is 22.7. The number of aryl methyl sites for hydroxylation is 1. The zero-order chi connectivity index (χ0) is 22.9. The van der Waals surface area contributed by atoms with E-state index >= 15 is 0 Å². The van der Waals surface area contributed by atoms with Gasteiger partial charge in [0, 0.05) is 23.9 Å². The van der Waals surface area contributed by atoms with Gasteiger partial charge in [0.15, 0.2) is 5.78 Å². The summed E-state index contributed by atoms with van der Waals surface area (Å²) >= 11 is 0. The highest BCUT2D eigenvalue weighted by molar-refractivity contribution is 7.88.